The average molecular weight is 176 g/mol. The van der Waals surface area contributed by atoms with Crippen LogP contribution in [0.1, 0.15) is 16.8 Å². The summed E-state index contributed by atoms with van der Waals surface area (Å²) in [6, 6.07) is 1.62. The van der Waals surface area contributed by atoms with Crippen LogP contribution in [-0.4, -0.2) is 0 Å². The maximum Gasteiger partial charge on any atom is 0.477 e. The van der Waals surface area contributed by atoms with Gasteiger partial charge in [0.2, 0.25) is 0 Å². The lowest BCUT2D eigenvalue weighted by Gasteiger charge is -2.04. The van der Waals surface area contributed by atoms with Crippen molar-refractivity contribution in [2.75, 3.05) is 0 Å². The van der Waals surface area contributed by atoms with Crippen molar-refractivity contribution in [1.29, 1.82) is 0 Å². The highest BCUT2D eigenvalue weighted by molar-refractivity contribution is 5.25. The van der Waals surface area contributed by atoms with Crippen LogP contribution in [0.15, 0.2) is 12.3 Å². The monoisotopic (exact) mass is 176 g/mol. The van der Waals surface area contributed by atoms with Crippen LogP contribution in [0.4, 0.5) is 13.2 Å². The molecular weight excluding hydrogens is 167 g/mol. The predicted octanol–water partition coefficient (Wildman–Crippen LogP) is 2.14. The number of rotatable bonds is 0. The zero-order valence-corrected chi connectivity index (χ0v) is 6.79. The SMILES string of the molecule is Cc1cc[nH+]c(C(F)(F)F)c1C. The molecule has 1 N–H and O–H groups in total. The zero-order valence-electron chi connectivity index (χ0n) is 6.79. The molecule has 0 saturated carbocycles. The van der Waals surface area contributed by atoms with Gasteiger partial charge in [0, 0.05) is 11.6 Å². The van der Waals surface area contributed by atoms with Crippen molar-refractivity contribution in [3.05, 3.63) is 29.1 Å². The maximum absolute atomic E-state index is 12.2. The van der Waals surface area contributed by atoms with E-state index in [4.69, 9.17) is 0 Å². The largest absolute Gasteiger partial charge is 0.477 e. The number of alkyl halides is 3. The van der Waals surface area contributed by atoms with E-state index in [2.05, 4.69) is 4.98 Å². The van der Waals surface area contributed by atoms with E-state index in [1.165, 1.54) is 13.1 Å². The molecule has 1 nitrogen and oxygen atoms in total. The van der Waals surface area contributed by atoms with Gasteiger partial charge in [-0.3, -0.25) is 0 Å². The van der Waals surface area contributed by atoms with Crippen LogP contribution in [0, 0.1) is 13.8 Å². The lowest BCUT2D eigenvalue weighted by atomic mass is 10.1. The van der Waals surface area contributed by atoms with Gasteiger partial charge in [0.15, 0.2) is 6.20 Å². The number of aromatic nitrogens is 1. The third kappa shape index (κ3) is 1.57. The van der Waals surface area contributed by atoms with Crippen molar-refractivity contribution in [2.45, 2.75) is 20.0 Å². The zero-order chi connectivity index (χ0) is 9.35. The van der Waals surface area contributed by atoms with E-state index in [0.717, 1.165) is 0 Å². The second-order valence-corrected chi connectivity index (χ2v) is 2.66. The molecule has 0 fully saturated rings. The van der Waals surface area contributed by atoms with E-state index >= 15 is 0 Å². The molecule has 1 heterocycles. The summed E-state index contributed by atoms with van der Waals surface area (Å²) in [6.07, 6.45) is -2.98. The van der Waals surface area contributed by atoms with E-state index in [1.54, 1.807) is 13.0 Å². The van der Waals surface area contributed by atoms with Crippen LogP contribution in [0.5, 0.6) is 0 Å². The maximum atomic E-state index is 12.2. The van der Waals surface area contributed by atoms with E-state index in [1.807, 2.05) is 0 Å². The molecule has 66 valence electrons. The minimum Gasteiger partial charge on any atom is -0.207 e. The Hall–Kier alpha value is -1.06. The number of hydrogen-bond donors (Lipinski definition) is 0. The third-order valence-electron chi connectivity index (χ3n) is 1.81. The van der Waals surface area contributed by atoms with Crippen molar-refractivity contribution in [1.82, 2.24) is 0 Å². The number of aromatic amines is 1. The Morgan fingerprint density at radius 1 is 1.25 bits per heavy atom. The van der Waals surface area contributed by atoms with Crippen molar-refractivity contribution < 1.29 is 18.2 Å². The van der Waals surface area contributed by atoms with E-state index in [9.17, 15) is 13.2 Å². The summed E-state index contributed by atoms with van der Waals surface area (Å²) < 4.78 is 36.6. The molecule has 1 aromatic heterocycles. The quantitative estimate of drug-likeness (QED) is 0.575. The molecule has 0 saturated heterocycles. The molecule has 1 rings (SSSR count). The van der Waals surface area contributed by atoms with Crippen LogP contribution < -0.4 is 4.98 Å². The number of nitrogens with one attached hydrogen (secondary N) is 1. The van der Waals surface area contributed by atoms with Crippen LogP contribution >= 0.6 is 0 Å². The van der Waals surface area contributed by atoms with Crippen LogP contribution in [0.2, 0.25) is 0 Å². The molecule has 0 amide bonds. The van der Waals surface area contributed by atoms with E-state index < -0.39 is 11.9 Å². The Morgan fingerprint density at radius 3 is 2.25 bits per heavy atom. The van der Waals surface area contributed by atoms with Crippen LogP contribution in [-0.2, 0) is 6.18 Å². The van der Waals surface area contributed by atoms with Gasteiger partial charge in [0.05, 0.1) is 0 Å². The number of hydrogen-bond acceptors (Lipinski definition) is 0. The summed E-state index contributed by atoms with van der Waals surface area (Å²) in [4.78, 5) is 2.19. The Kier molecular flexibility index (Phi) is 2.08. The first-order valence-electron chi connectivity index (χ1n) is 3.48. The first-order chi connectivity index (χ1) is 5.43. The average Bonchev–Trinajstić information content (AvgIpc) is 1.92. The van der Waals surface area contributed by atoms with Gasteiger partial charge in [-0.15, -0.1) is 0 Å². The molecule has 1 aromatic rings. The molecule has 12 heavy (non-hydrogen) atoms. The molecule has 0 aliphatic heterocycles. The Morgan fingerprint density at radius 2 is 1.83 bits per heavy atom. The van der Waals surface area contributed by atoms with E-state index in [-0.39, 0.29) is 5.56 Å². The van der Waals surface area contributed by atoms with Gasteiger partial charge < -0.3 is 0 Å². The minimum absolute atomic E-state index is 0.255. The summed E-state index contributed by atoms with van der Waals surface area (Å²) in [5.41, 5.74) is 0.230. The predicted molar refractivity (Wildman–Crippen MR) is 37.5 cm³/mol. The number of halogens is 3. The van der Waals surface area contributed by atoms with Gasteiger partial charge in [0.25, 0.3) is 5.69 Å². The van der Waals surface area contributed by atoms with Gasteiger partial charge in [-0.05, 0) is 19.4 Å². The summed E-state index contributed by atoms with van der Waals surface area (Å²) in [6.45, 7) is 3.10. The van der Waals surface area contributed by atoms with E-state index in [0.29, 0.717) is 5.56 Å². The van der Waals surface area contributed by atoms with Crippen LogP contribution in [0.3, 0.4) is 0 Å². The molecule has 0 atom stereocenters. The smallest absolute Gasteiger partial charge is 0.207 e. The highest BCUT2D eigenvalue weighted by Crippen LogP contribution is 2.28. The second kappa shape index (κ2) is 2.77. The first kappa shape index (κ1) is 9.03. The van der Waals surface area contributed by atoms with Gasteiger partial charge >= 0.3 is 6.18 Å². The minimum atomic E-state index is -4.28. The molecule has 0 aromatic carbocycles. The molecular formula is C8H9F3N+. The summed E-state index contributed by atoms with van der Waals surface area (Å²) in [5.74, 6) is 0. The van der Waals surface area contributed by atoms with Crippen molar-refractivity contribution in [3.8, 4) is 0 Å². The van der Waals surface area contributed by atoms with Gasteiger partial charge in [-0.25, -0.2) is 4.98 Å². The molecule has 0 spiro atoms. The second-order valence-electron chi connectivity index (χ2n) is 2.66. The van der Waals surface area contributed by atoms with Gasteiger partial charge in [-0.1, -0.05) is 0 Å². The molecule has 0 aliphatic carbocycles. The Labute approximate surface area is 68.2 Å². The normalized spacial score (nSPS) is 11.8. The molecule has 4 heteroatoms. The number of aryl methyl sites for hydroxylation is 1. The van der Waals surface area contributed by atoms with Crippen LogP contribution in [0.25, 0.3) is 0 Å². The molecule has 0 aliphatic rings. The summed E-state index contributed by atoms with van der Waals surface area (Å²) in [5, 5.41) is 0. The fraction of sp³-hybridized carbons (Fsp3) is 0.375. The standard InChI is InChI=1S/C8H8F3N/c1-5-3-4-12-7(6(5)2)8(9,10)11/h3-4H,1-2H3/p+1. The fourth-order valence-electron chi connectivity index (χ4n) is 0.975. The first-order valence-corrected chi connectivity index (χ1v) is 3.48. The molecule has 0 unspecified atom stereocenters. The Bertz CT molecular complexity index is 291. The fourth-order valence-corrected chi connectivity index (χ4v) is 0.975. The third-order valence-corrected chi connectivity index (χ3v) is 1.81. The number of H-pyrrole nitrogens is 1. The lowest BCUT2D eigenvalue weighted by Crippen LogP contribution is -2.22. The Balaban J connectivity index is 3.26. The van der Waals surface area contributed by atoms with Crippen molar-refractivity contribution >= 4 is 0 Å². The van der Waals surface area contributed by atoms with Crippen molar-refractivity contribution in [3.63, 3.8) is 0 Å². The topological polar surface area (TPSA) is 14.1 Å². The van der Waals surface area contributed by atoms with Gasteiger partial charge in [0.1, 0.15) is 0 Å². The highest BCUT2D eigenvalue weighted by Gasteiger charge is 2.40. The lowest BCUT2D eigenvalue weighted by molar-refractivity contribution is -0.426. The summed E-state index contributed by atoms with van der Waals surface area (Å²) >= 11 is 0. The number of pyridine rings is 1. The highest BCUT2D eigenvalue weighted by atomic mass is 19.4. The molecule has 0 bridgehead atoms. The van der Waals surface area contributed by atoms with Crippen molar-refractivity contribution in [2.24, 2.45) is 0 Å². The van der Waals surface area contributed by atoms with Gasteiger partial charge in [-0.2, -0.15) is 13.2 Å². The molecule has 0 radical (unpaired) electrons. The summed E-state index contributed by atoms with van der Waals surface area (Å²) in [7, 11) is 0.